The Labute approximate surface area is 123 Å². The van der Waals surface area contributed by atoms with Crippen LogP contribution in [0.4, 0.5) is 5.69 Å². The third-order valence-corrected chi connectivity index (χ3v) is 3.59. The molecule has 1 N–H and O–H groups in total. The van der Waals surface area contributed by atoms with Gasteiger partial charge in [0, 0.05) is 29.8 Å². The summed E-state index contributed by atoms with van der Waals surface area (Å²) in [6.45, 7) is 0. The fraction of sp³-hybridized carbons (Fsp3) is 0.235. The van der Waals surface area contributed by atoms with Crippen molar-refractivity contribution in [3.05, 3.63) is 60.2 Å². The summed E-state index contributed by atoms with van der Waals surface area (Å²) in [5, 5.41) is 3.30. The van der Waals surface area contributed by atoms with Crippen LogP contribution < -0.4 is 10.1 Å². The number of hydrogen-bond acceptors (Lipinski definition) is 4. The lowest BCUT2D eigenvalue weighted by Gasteiger charge is -2.21. The van der Waals surface area contributed by atoms with Crippen molar-refractivity contribution >= 4 is 11.5 Å². The van der Waals surface area contributed by atoms with Crippen LogP contribution in [0.15, 0.2) is 58.9 Å². The number of methoxy groups -OCH3 is 1. The van der Waals surface area contributed by atoms with Crippen molar-refractivity contribution < 1.29 is 13.9 Å². The fourth-order valence-corrected chi connectivity index (χ4v) is 2.56. The molecule has 0 bridgehead atoms. The zero-order valence-electron chi connectivity index (χ0n) is 11.8. The predicted molar refractivity (Wildman–Crippen MR) is 80.4 cm³/mol. The Hall–Kier alpha value is -2.49. The minimum atomic E-state index is 0.109. The minimum Gasteiger partial charge on any atom is -0.497 e. The summed E-state index contributed by atoms with van der Waals surface area (Å²) in [4.78, 5) is 11.9. The molecular formula is C17H17NO3. The SMILES string of the molecule is COc1ccc(NC2=CC(=O)C[C@@H](c3ccco3)C2)cc1. The number of hydrogen-bond donors (Lipinski definition) is 1. The number of furan rings is 1. The van der Waals surface area contributed by atoms with Gasteiger partial charge in [0.05, 0.1) is 13.4 Å². The molecule has 4 heteroatoms. The average Bonchev–Trinajstić information content (AvgIpc) is 3.02. The van der Waals surface area contributed by atoms with E-state index in [1.54, 1.807) is 19.4 Å². The lowest BCUT2D eigenvalue weighted by Crippen LogP contribution is -2.16. The average molecular weight is 283 g/mol. The number of benzene rings is 1. The lowest BCUT2D eigenvalue weighted by atomic mass is 9.89. The molecule has 1 aromatic carbocycles. The van der Waals surface area contributed by atoms with Crippen molar-refractivity contribution in [3.8, 4) is 5.75 Å². The number of ketones is 1. The van der Waals surface area contributed by atoms with E-state index in [0.717, 1.165) is 29.3 Å². The standard InChI is InChI=1S/C17H17NO3/c1-20-16-6-4-13(5-7-16)18-14-9-12(10-15(19)11-14)17-3-2-8-21-17/h2-8,11-12,18H,9-10H2,1H3/t12-/m0/s1. The highest BCUT2D eigenvalue weighted by molar-refractivity contribution is 5.92. The normalized spacial score (nSPS) is 18.2. The second kappa shape index (κ2) is 5.87. The van der Waals surface area contributed by atoms with Crippen LogP contribution in [0, 0.1) is 0 Å². The maximum absolute atomic E-state index is 11.9. The van der Waals surface area contributed by atoms with Gasteiger partial charge in [-0.3, -0.25) is 4.79 Å². The Balaban J connectivity index is 1.73. The number of anilines is 1. The summed E-state index contributed by atoms with van der Waals surface area (Å²) in [5.74, 6) is 1.91. The predicted octanol–water partition coefficient (Wildman–Crippen LogP) is 3.73. The van der Waals surface area contributed by atoms with Crippen LogP contribution >= 0.6 is 0 Å². The summed E-state index contributed by atoms with van der Waals surface area (Å²) < 4.78 is 10.6. The molecule has 0 fully saturated rings. The van der Waals surface area contributed by atoms with E-state index in [1.165, 1.54) is 0 Å². The smallest absolute Gasteiger partial charge is 0.158 e. The first-order chi connectivity index (χ1) is 10.2. The topological polar surface area (TPSA) is 51.5 Å². The summed E-state index contributed by atoms with van der Waals surface area (Å²) in [6, 6.07) is 11.4. The van der Waals surface area contributed by atoms with Gasteiger partial charge in [-0.05, 0) is 42.8 Å². The van der Waals surface area contributed by atoms with Crippen molar-refractivity contribution in [1.82, 2.24) is 0 Å². The lowest BCUT2D eigenvalue weighted by molar-refractivity contribution is -0.115. The van der Waals surface area contributed by atoms with E-state index in [1.807, 2.05) is 36.4 Å². The van der Waals surface area contributed by atoms with Crippen molar-refractivity contribution in [2.75, 3.05) is 12.4 Å². The molecule has 0 saturated heterocycles. The number of ether oxygens (including phenoxy) is 1. The zero-order chi connectivity index (χ0) is 14.7. The molecule has 0 amide bonds. The summed E-state index contributed by atoms with van der Waals surface area (Å²) in [6.07, 6.45) is 4.60. The van der Waals surface area contributed by atoms with E-state index < -0.39 is 0 Å². The van der Waals surface area contributed by atoms with E-state index in [2.05, 4.69) is 5.32 Å². The van der Waals surface area contributed by atoms with Crippen LogP contribution in [0.3, 0.4) is 0 Å². The first-order valence-corrected chi connectivity index (χ1v) is 6.92. The second-order valence-electron chi connectivity index (χ2n) is 5.11. The number of nitrogens with one attached hydrogen (secondary N) is 1. The van der Waals surface area contributed by atoms with Gasteiger partial charge in [-0.2, -0.15) is 0 Å². The van der Waals surface area contributed by atoms with Crippen LogP contribution in [-0.2, 0) is 4.79 Å². The van der Waals surface area contributed by atoms with Crippen molar-refractivity contribution in [2.24, 2.45) is 0 Å². The molecule has 1 aliphatic carbocycles. The third kappa shape index (κ3) is 3.16. The largest absolute Gasteiger partial charge is 0.497 e. The highest BCUT2D eigenvalue weighted by Crippen LogP contribution is 2.32. The molecule has 1 heterocycles. The van der Waals surface area contributed by atoms with E-state index in [0.29, 0.717) is 6.42 Å². The summed E-state index contributed by atoms with van der Waals surface area (Å²) in [7, 11) is 1.64. The molecule has 1 aliphatic rings. The van der Waals surface area contributed by atoms with Crippen molar-refractivity contribution in [3.63, 3.8) is 0 Å². The van der Waals surface area contributed by atoms with Gasteiger partial charge in [0.15, 0.2) is 5.78 Å². The molecule has 1 aromatic heterocycles. The highest BCUT2D eigenvalue weighted by atomic mass is 16.5. The first-order valence-electron chi connectivity index (χ1n) is 6.92. The number of allylic oxidation sites excluding steroid dienone is 2. The molecule has 3 rings (SSSR count). The molecule has 0 unspecified atom stereocenters. The van der Waals surface area contributed by atoms with E-state index in [9.17, 15) is 4.79 Å². The molecule has 108 valence electrons. The van der Waals surface area contributed by atoms with Crippen LogP contribution in [0.2, 0.25) is 0 Å². The van der Waals surface area contributed by atoms with E-state index >= 15 is 0 Å². The van der Waals surface area contributed by atoms with Gasteiger partial charge in [0.2, 0.25) is 0 Å². The van der Waals surface area contributed by atoms with Crippen LogP contribution in [-0.4, -0.2) is 12.9 Å². The van der Waals surface area contributed by atoms with Crippen molar-refractivity contribution in [2.45, 2.75) is 18.8 Å². The maximum atomic E-state index is 11.9. The molecule has 0 radical (unpaired) electrons. The number of carbonyl (C=O) groups is 1. The molecule has 0 spiro atoms. The highest BCUT2D eigenvalue weighted by Gasteiger charge is 2.24. The molecule has 0 aliphatic heterocycles. The molecule has 21 heavy (non-hydrogen) atoms. The Morgan fingerprint density at radius 2 is 2.00 bits per heavy atom. The number of carbonyl (C=O) groups excluding carboxylic acids is 1. The molecule has 0 saturated carbocycles. The van der Waals surface area contributed by atoms with Crippen molar-refractivity contribution in [1.29, 1.82) is 0 Å². The molecule has 1 atom stereocenters. The minimum absolute atomic E-state index is 0.109. The van der Waals surface area contributed by atoms with Gasteiger partial charge in [-0.25, -0.2) is 0 Å². The third-order valence-electron chi connectivity index (χ3n) is 3.59. The monoisotopic (exact) mass is 283 g/mol. The van der Waals surface area contributed by atoms with E-state index in [4.69, 9.17) is 9.15 Å². The quantitative estimate of drug-likeness (QED) is 0.929. The van der Waals surface area contributed by atoms with Crippen LogP contribution in [0.5, 0.6) is 5.75 Å². The van der Waals surface area contributed by atoms with Gasteiger partial charge in [-0.15, -0.1) is 0 Å². The van der Waals surface area contributed by atoms with Crippen LogP contribution in [0.25, 0.3) is 0 Å². The Kier molecular flexibility index (Phi) is 3.77. The maximum Gasteiger partial charge on any atom is 0.158 e. The van der Waals surface area contributed by atoms with Gasteiger partial charge < -0.3 is 14.5 Å². The molecule has 2 aromatic rings. The number of rotatable bonds is 4. The Morgan fingerprint density at radius 3 is 2.67 bits per heavy atom. The van der Waals surface area contributed by atoms with Gasteiger partial charge in [-0.1, -0.05) is 0 Å². The van der Waals surface area contributed by atoms with Gasteiger partial charge in [0.25, 0.3) is 0 Å². The summed E-state index contributed by atoms with van der Waals surface area (Å²) in [5.41, 5.74) is 1.85. The molecular weight excluding hydrogens is 266 g/mol. The van der Waals surface area contributed by atoms with Crippen LogP contribution in [0.1, 0.15) is 24.5 Å². The van der Waals surface area contributed by atoms with Gasteiger partial charge >= 0.3 is 0 Å². The summed E-state index contributed by atoms with van der Waals surface area (Å²) >= 11 is 0. The Morgan fingerprint density at radius 1 is 1.19 bits per heavy atom. The Bertz CT molecular complexity index is 641. The second-order valence-corrected chi connectivity index (χ2v) is 5.11. The van der Waals surface area contributed by atoms with Gasteiger partial charge in [0.1, 0.15) is 11.5 Å². The zero-order valence-corrected chi connectivity index (χ0v) is 11.8. The fourth-order valence-electron chi connectivity index (χ4n) is 2.56. The van der Waals surface area contributed by atoms with E-state index in [-0.39, 0.29) is 11.7 Å². The molecule has 4 nitrogen and oxygen atoms in total. The first kappa shape index (κ1) is 13.5.